The van der Waals surface area contributed by atoms with Gasteiger partial charge in [-0.05, 0) is 43.7 Å². The molecule has 3 aromatic rings. The molecule has 21 heavy (non-hydrogen) atoms. The second-order valence-electron chi connectivity index (χ2n) is 5.28. The maximum Gasteiger partial charge on any atom is 0.137 e. The van der Waals surface area contributed by atoms with Crippen LogP contribution < -0.4 is 5.32 Å². The maximum atomic E-state index is 6.26. The molecule has 2 nitrogen and oxygen atoms in total. The summed E-state index contributed by atoms with van der Waals surface area (Å²) < 4.78 is 6.06. The third kappa shape index (κ3) is 2.82. The molecule has 0 aliphatic carbocycles. The van der Waals surface area contributed by atoms with Gasteiger partial charge in [-0.2, -0.15) is 0 Å². The molecule has 108 valence electrons. The topological polar surface area (TPSA) is 25.2 Å². The average molecular weight is 300 g/mol. The molecule has 1 aromatic heterocycles. The number of likely N-dealkylation sites (N-methyl/N-ethyl adjacent to an activating group) is 1. The highest BCUT2D eigenvalue weighted by molar-refractivity contribution is 6.31. The predicted octanol–water partition coefficient (Wildman–Crippen LogP) is 4.90. The molecule has 0 spiro atoms. The van der Waals surface area contributed by atoms with Crippen LogP contribution in [0.25, 0.3) is 11.0 Å². The lowest BCUT2D eigenvalue weighted by Gasteiger charge is -2.14. The van der Waals surface area contributed by atoms with Crippen molar-refractivity contribution in [2.45, 2.75) is 19.4 Å². The molecule has 1 N–H and O–H groups in total. The Kier molecular flexibility index (Phi) is 4.00. The second-order valence-corrected chi connectivity index (χ2v) is 5.69. The standard InChI is InChI=1S/C18H18ClNO/c1-12-6-5-8-14-11-17(21-18(12)14)16(20-2)10-13-7-3-4-9-15(13)19/h3-9,11,16,20H,10H2,1-2H3. The Morgan fingerprint density at radius 1 is 1.14 bits per heavy atom. The van der Waals surface area contributed by atoms with Crippen molar-refractivity contribution in [1.82, 2.24) is 5.32 Å². The van der Waals surface area contributed by atoms with Crippen molar-refractivity contribution >= 4 is 22.6 Å². The van der Waals surface area contributed by atoms with Crippen molar-refractivity contribution in [1.29, 1.82) is 0 Å². The minimum Gasteiger partial charge on any atom is -0.459 e. The summed E-state index contributed by atoms with van der Waals surface area (Å²) in [5.74, 6) is 0.946. The van der Waals surface area contributed by atoms with Crippen molar-refractivity contribution in [2.24, 2.45) is 0 Å². The number of fused-ring (bicyclic) bond motifs is 1. The number of hydrogen-bond acceptors (Lipinski definition) is 2. The molecule has 0 fully saturated rings. The molecular weight excluding hydrogens is 282 g/mol. The molecule has 0 aliphatic rings. The highest BCUT2D eigenvalue weighted by atomic mass is 35.5. The van der Waals surface area contributed by atoms with E-state index in [0.29, 0.717) is 0 Å². The average Bonchev–Trinajstić information content (AvgIpc) is 2.92. The fourth-order valence-corrected chi connectivity index (χ4v) is 2.84. The molecule has 0 radical (unpaired) electrons. The van der Waals surface area contributed by atoms with E-state index in [-0.39, 0.29) is 6.04 Å². The molecular formula is C18H18ClNO. The summed E-state index contributed by atoms with van der Waals surface area (Å²) in [6.45, 7) is 2.07. The van der Waals surface area contributed by atoms with Gasteiger partial charge in [0.15, 0.2) is 0 Å². The Labute approximate surface area is 129 Å². The molecule has 1 unspecified atom stereocenters. The van der Waals surface area contributed by atoms with Crippen LogP contribution in [0, 0.1) is 6.92 Å². The fraction of sp³-hybridized carbons (Fsp3) is 0.222. The lowest BCUT2D eigenvalue weighted by Crippen LogP contribution is -2.18. The van der Waals surface area contributed by atoms with Gasteiger partial charge in [0.2, 0.25) is 0 Å². The fourth-order valence-electron chi connectivity index (χ4n) is 2.63. The van der Waals surface area contributed by atoms with Crippen molar-refractivity contribution in [3.63, 3.8) is 0 Å². The van der Waals surface area contributed by atoms with Gasteiger partial charge in [0.05, 0.1) is 6.04 Å². The molecule has 2 aromatic carbocycles. The summed E-state index contributed by atoms with van der Waals surface area (Å²) in [5, 5.41) is 5.26. The highest BCUT2D eigenvalue weighted by Gasteiger charge is 2.17. The Bertz CT molecular complexity index is 763. The first-order chi connectivity index (χ1) is 10.2. The van der Waals surface area contributed by atoms with Crippen LogP contribution in [-0.4, -0.2) is 7.05 Å². The van der Waals surface area contributed by atoms with E-state index >= 15 is 0 Å². The molecule has 1 atom stereocenters. The van der Waals surface area contributed by atoms with Crippen LogP contribution in [0.1, 0.15) is 22.9 Å². The Hall–Kier alpha value is -1.77. The molecule has 0 saturated carbocycles. The zero-order valence-corrected chi connectivity index (χ0v) is 12.9. The monoisotopic (exact) mass is 299 g/mol. The van der Waals surface area contributed by atoms with E-state index in [1.54, 1.807) is 0 Å². The quantitative estimate of drug-likeness (QED) is 0.741. The van der Waals surface area contributed by atoms with Crippen LogP contribution in [-0.2, 0) is 6.42 Å². The normalized spacial score (nSPS) is 12.7. The zero-order valence-electron chi connectivity index (χ0n) is 12.2. The predicted molar refractivity (Wildman–Crippen MR) is 87.9 cm³/mol. The summed E-state index contributed by atoms with van der Waals surface area (Å²) >= 11 is 6.26. The summed E-state index contributed by atoms with van der Waals surface area (Å²) in [6, 6.07) is 16.4. The summed E-state index contributed by atoms with van der Waals surface area (Å²) in [4.78, 5) is 0. The highest BCUT2D eigenvalue weighted by Crippen LogP contribution is 2.29. The third-order valence-corrected chi connectivity index (χ3v) is 4.20. The lowest BCUT2D eigenvalue weighted by molar-refractivity contribution is 0.450. The minimum absolute atomic E-state index is 0.108. The minimum atomic E-state index is 0.108. The number of hydrogen-bond donors (Lipinski definition) is 1. The van der Waals surface area contributed by atoms with Gasteiger partial charge >= 0.3 is 0 Å². The first-order valence-corrected chi connectivity index (χ1v) is 7.46. The van der Waals surface area contributed by atoms with Gasteiger partial charge in [0.25, 0.3) is 0 Å². The van der Waals surface area contributed by atoms with E-state index in [9.17, 15) is 0 Å². The van der Waals surface area contributed by atoms with Crippen LogP contribution >= 0.6 is 11.6 Å². The Morgan fingerprint density at radius 3 is 2.67 bits per heavy atom. The van der Waals surface area contributed by atoms with E-state index in [1.807, 2.05) is 25.2 Å². The van der Waals surface area contributed by atoms with Crippen molar-refractivity contribution in [2.75, 3.05) is 7.05 Å². The first kappa shape index (κ1) is 14.2. The lowest BCUT2D eigenvalue weighted by atomic mass is 10.0. The van der Waals surface area contributed by atoms with E-state index in [2.05, 4.69) is 42.6 Å². The Balaban J connectivity index is 1.95. The van der Waals surface area contributed by atoms with Gasteiger partial charge in [-0.15, -0.1) is 0 Å². The molecule has 3 rings (SSSR count). The SMILES string of the molecule is CNC(Cc1ccccc1Cl)c1cc2cccc(C)c2o1. The van der Waals surface area contributed by atoms with Crippen molar-refractivity contribution < 1.29 is 4.42 Å². The molecule has 3 heteroatoms. The van der Waals surface area contributed by atoms with Crippen LogP contribution in [0.4, 0.5) is 0 Å². The number of rotatable bonds is 4. The molecule has 0 aliphatic heterocycles. The molecule has 0 bridgehead atoms. The van der Waals surface area contributed by atoms with Crippen molar-refractivity contribution in [3.8, 4) is 0 Å². The summed E-state index contributed by atoms with van der Waals surface area (Å²) in [5.41, 5.74) is 3.24. The number of halogens is 1. The molecule has 1 heterocycles. The van der Waals surface area contributed by atoms with Crippen LogP contribution in [0.3, 0.4) is 0 Å². The number of benzene rings is 2. The summed E-state index contributed by atoms with van der Waals surface area (Å²) in [7, 11) is 1.95. The number of aryl methyl sites for hydroxylation is 1. The zero-order chi connectivity index (χ0) is 14.8. The van der Waals surface area contributed by atoms with Crippen LogP contribution in [0.5, 0.6) is 0 Å². The van der Waals surface area contributed by atoms with E-state index in [0.717, 1.165) is 39.3 Å². The van der Waals surface area contributed by atoms with Gasteiger partial charge in [-0.3, -0.25) is 0 Å². The van der Waals surface area contributed by atoms with E-state index in [1.165, 1.54) is 0 Å². The van der Waals surface area contributed by atoms with Gasteiger partial charge in [0.1, 0.15) is 11.3 Å². The number of furan rings is 1. The smallest absolute Gasteiger partial charge is 0.137 e. The van der Waals surface area contributed by atoms with E-state index in [4.69, 9.17) is 16.0 Å². The van der Waals surface area contributed by atoms with Gasteiger partial charge in [0, 0.05) is 10.4 Å². The van der Waals surface area contributed by atoms with Gasteiger partial charge in [-0.25, -0.2) is 0 Å². The molecule has 0 saturated heterocycles. The molecule has 0 amide bonds. The van der Waals surface area contributed by atoms with Gasteiger partial charge < -0.3 is 9.73 Å². The number of para-hydroxylation sites is 1. The van der Waals surface area contributed by atoms with Crippen LogP contribution in [0.2, 0.25) is 5.02 Å². The third-order valence-electron chi connectivity index (χ3n) is 3.83. The van der Waals surface area contributed by atoms with Gasteiger partial charge in [-0.1, -0.05) is 48.0 Å². The second kappa shape index (κ2) is 5.92. The van der Waals surface area contributed by atoms with Crippen molar-refractivity contribution in [3.05, 3.63) is 70.4 Å². The van der Waals surface area contributed by atoms with E-state index < -0.39 is 0 Å². The Morgan fingerprint density at radius 2 is 1.95 bits per heavy atom. The number of nitrogens with one attached hydrogen (secondary N) is 1. The largest absolute Gasteiger partial charge is 0.459 e. The first-order valence-electron chi connectivity index (χ1n) is 7.09. The summed E-state index contributed by atoms with van der Waals surface area (Å²) in [6.07, 6.45) is 0.801. The maximum absolute atomic E-state index is 6.26. The van der Waals surface area contributed by atoms with Crippen LogP contribution in [0.15, 0.2) is 52.9 Å².